The number of nitrogens with zero attached hydrogens (tertiary/aromatic N) is 7. The van der Waals surface area contributed by atoms with Crippen molar-refractivity contribution in [2.75, 3.05) is 11.9 Å². The number of ketones is 1. The summed E-state index contributed by atoms with van der Waals surface area (Å²) < 4.78 is 9.25. The maximum absolute atomic E-state index is 12.8. The highest BCUT2D eigenvalue weighted by atomic mass is 16.6. The molecule has 3 aromatic heterocycles. The second kappa shape index (κ2) is 11.6. The van der Waals surface area contributed by atoms with Crippen LogP contribution in [0.15, 0.2) is 49.1 Å². The summed E-state index contributed by atoms with van der Waals surface area (Å²) in [6.07, 6.45) is 5.76. The maximum Gasteiger partial charge on any atom is 0.410 e. The van der Waals surface area contributed by atoms with Gasteiger partial charge in [0.15, 0.2) is 11.6 Å². The van der Waals surface area contributed by atoms with Gasteiger partial charge in [-0.15, -0.1) is 0 Å². The number of ether oxygens (including phenoxy) is 1. The lowest BCUT2D eigenvalue weighted by molar-refractivity contribution is 0.0194. The Morgan fingerprint density at radius 3 is 2.49 bits per heavy atom. The van der Waals surface area contributed by atoms with Crippen molar-refractivity contribution in [2.45, 2.75) is 85.5 Å². The van der Waals surface area contributed by atoms with Crippen LogP contribution in [-0.2, 0) is 29.8 Å². The number of hydrogen-bond acceptors (Lipinski definition) is 8. The molecule has 1 aliphatic heterocycles. The standard InChI is InChI=1S/C32H40N8O3/c1-21-14-23(9-8-22(21)10-11-27(41)24-17-35-40(18-24)31(2,3)4)26-16-28(34-20-33-26)36-29-15-25-19-38(12-13-39(25)37-29)30(42)43-32(5,6)7/h8-9,14-18,20H,10-13,19H2,1-7H3,(H,33,34,36,37). The van der Waals surface area contributed by atoms with E-state index in [1.807, 2.05) is 54.5 Å². The third-order valence-corrected chi connectivity index (χ3v) is 7.22. The zero-order chi connectivity index (χ0) is 30.9. The van der Waals surface area contributed by atoms with Gasteiger partial charge in [0.1, 0.15) is 17.7 Å². The lowest BCUT2D eigenvalue weighted by Gasteiger charge is -2.30. The number of amides is 1. The average molecular weight is 585 g/mol. The van der Waals surface area contributed by atoms with Crippen LogP contribution in [0.25, 0.3) is 11.3 Å². The highest BCUT2D eigenvalue weighted by Crippen LogP contribution is 2.26. The van der Waals surface area contributed by atoms with E-state index in [2.05, 4.69) is 65.3 Å². The monoisotopic (exact) mass is 584 g/mol. The van der Waals surface area contributed by atoms with E-state index in [9.17, 15) is 9.59 Å². The summed E-state index contributed by atoms with van der Waals surface area (Å²) in [5.74, 6) is 1.35. The molecule has 1 N–H and O–H groups in total. The van der Waals surface area contributed by atoms with E-state index in [0.29, 0.717) is 49.7 Å². The Bertz CT molecular complexity index is 1640. The van der Waals surface area contributed by atoms with Crippen molar-refractivity contribution < 1.29 is 14.3 Å². The van der Waals surface area contributed by atoms with Gasteiger partial charge in [-0.3, -0.25) is 14.2 Å². The second-order valence-corrected chi connectivity index (χ2v) is 13.0. The molecule has 1 aromatic carbocycles. The van der Waals surface area contributed by atoms with E-state index >= 15 is 0 Å². The number of hydrogen-bond donors (Lipinski definition) is 1. The number of fused-ring (bicyclic) bond motifs is 1. The second-order valence-electron chi connectivity index (χ2n) is 13.0. The number of aryl methyl sites for hydroxylation is 2. The normalized spacial score (nSPS) is 13.5. The highest BCUT2D eigenvalue weighted by molar-refractivity contribution is 5.95. The van der Waals surface area contributed by atoms with Crippen LogP contribution in [0.4, 0.5) is 16.4 Å². The van der Waals surface area contributed by atoms with Crippen molar-refractivity contribution >= 4 is 23.5 Å². The first-order chi connectivity index (χ1) is 20.2. The van der Waals surface area contributed by atoms with Gasteiger partial charge >= 0.3 is 6.09 Å². The molecule has 11 nitrogen and oxygen atoms in total. The molecule has 4 heterocycles. The summed E-state index contributed by atoms with van der Waals surface area (Å²) in [6.45, 7) is 15.4. The molecule has 0 unspecified atom stereocenters. The van der Waals surface area contributed by atoms with Crippen LogP contribution in [0.3, 0.4) is 0 Å². The van der Waals surface area contributed by atoms with Crippen molar-refractivity contribution in [3.05, 3.63) is 71.4 Å². The molecule has 0 atom stereocenters. The predicted molar refractivity (Wildman–Crippen MR) is 164 cm³/mol. The number of aromatic nitrogens is 6. The predicted octanol–water partition coefficient (Wildman–Crippen LogP) is 5.91. The van der Waals surface area contributed by atoms with Gasteiger partial charge in [-0.05, 0) is 72.1 Å². The Morgan fingerprint density at radius 2 is 1.79 bits per heavy atom. The number of benzene rings is 1. The minimum Gasteiger partial charge on any atom is -0.444 e. The minimum absolute atomic E-state index is 0.0870. The molecule has 0 radical (unpaired) electrons. The molecule has 226 valence electrons. The van der Waals surface area contributed by atoms with Crippen LogP contribution in [0.2, 0.25) is 0 Å². The number of carbonyl (C=O) groups excluding carboxylic acids is 2. The zero-order valence-electron chi connectivity index (χ0n) is 26.0. The molecular formula is C32H40N8O3. The molecule has 11 heteroatoms. The van der Waals surface area contributed by atoms with Crippen molar-refractivity contribution in [3.63, 3.8) is 0 Å². The fraction of sp³-hybridized carbons (Fsp3) is 0.438. The van der Waals surface area contributed by atoms with Crippen molar-refractivity contribution in [1.82, 2.24) is 34.4 Å². The van der Waals surface area contributed by atoms with Gasteiger partial charge < -0.3 is 15.0 Å². The van der Waals surface area contributed by atoms with Gasteiger partial charge in [0.2, 0.25) is 0 Å². The molecule has 43 heavy (non-hydrogen) atoms. The van der Waals surface area contributed by atoms with Crippen molar-refractivity contribution in [3.8, 4) is 11.3 Å². The highest BCUT2D eigenvalue weighted by Gasteiger charge is 2.27. The Morgan fingerprint density at radius 1 is 1.00 bits per heavy atom. The molecule has 4 aromatic rings. The van der Waals surface area contributed by atoms with Gasteiger partial charge in [0.25, 0.3) is 0 Å². The van der Waals surface area contributed by atoms with Gasteiger partial charge in [-0.1, -0.05) is 12.1 Å². The van der Waals surface area contributed by atoms with Crippen LogP contribution in [0, 0.1) is 6.92 Å². The zero-order valence-corrected chi connectivity index (χ0v) is 26.0. The number of rotatable bonds is 7. The topological polar surface area (TPSA) is 120 Å². The summed E-state index contributed by atoms with van der Waals surface area (Å²) in [6, 6.07) is 9.98. The Balaban J connectivity index is 1.22. The van der Waals surface area contributed by atoms with Crippen LogP contribution in [0.1, 0.15) is 75.1 Å². The van der Waals surface area contributed by atoms with E-state index in [1.54, 1.807) is 11.1 Å². The molecule has 0 aliphatic carbocycles. The molecule has 0 bridgehead atoms. The number of anilines is 2. The minimum atomic E-state index is -0.540. The molecule has 5 rings (SSSR count). The third kappa shape index (κ3) is 7.28. The SMILES string of the molecule is Cc1cc(-c2cc(Nc3cc4n(n3)CCN(C(=O)OC(C)(C)C)C4)ncn2)ccc1CCC(=O)c1cnn(C(C)(C)C)c1. The van der Waals surface area contributed by atoms with Crippen LogP contribution >= 0.6 is 0 Å². The van der Waals surface area contributed by atoms with Crippen LogP contribution in [-0.4, -0.2) is 58.5 Å². The third-order valence-electron chi connectivity index (χ3n) is 7.22. The fourth-order valence-electron chi connectivity index (χ4n) is 4.89. The smallest absolute Gasteiger partial charge is 0.410 e. The van der Waals surface area contributed by atoms with E-state index in [4.69, 9.17) is 4.74 Å². The average Bonchev–Trinajstić information content (AvgIpc) is 3.58. The number of nitrogens with one attached hydrogen (secondary N) is 1. The molecule has 1 amide bonds. The fourth-order valence-corrected chi connectivity index (χ4v) is 4.89. The molecule has 1 aliphatic rings. The van der Waals surface area contributed by atoms with E-state index in [0.717, 1.165) is 28.1 Å². The first kappa shape index (κ1) is 29.9. The Hall–Kier alpha value is -4.54. The summed E-state index contributed by atoms with van der Waals surface area (Å²) in [4.78, 5) is 35.9. The van der Waals surface area contributed by atoms with E-state index < -0.39 is 5.60 Å². The first-order valence-corrected chi connectivity index (χ1v) is 14.6. The molecule has 0 saturated heterocycles. The van der Waals surface area contributed by atoms with E-state index in [-0.39, 0.29) is 17.4 Å². The van der Waals surface area contributed by atoms with Gasteiger partial charge in [0, 0.05) is 36.9 Å². The van der Waals surface area contributed by atoms with Crippen LogP contribution < -0.4 is 5.32 Å². The molecular weight excluding hydrogens is 544 g/mol. The van der Waals surface area contributed by atoms with Crippen molar-refractivity contribution in [2.24, 2.45) is 0 Å². The Kier molecular flexibility index (Phi) is 8.09. The Labute approximate surface area is 252 Å². The quantitative estimate of drug-likeness (QED) is 0.266. The first-order valence-electron chi connectivity index (χ1n) is 14.6. The maximum atomic E-state index is 12.8. The van der Waals surface area contributed by atoms with Gasteiger partial charge in [-0.2, -0.15) is 10.2 Å². The molecule has 0 fully saturated rings. The lowest BCUT2D eigenvalue weighted by Crippen LogP contribution is -2.41. The summed E-state index contributed by atoms with van der Waals surface area (Å²) in [7, 11) is 0. The summed E-state index contributed by atoms with van der Waals surface area (Å²) >= 11 is 0. The largest absolute Gasteiger partial charge is 0.444 e. The van der Waals surface area contributed by atoms with Gasteiger partial charge in [0.05, 0.1) is 41.8 Å². The van der Waals surface area contributed by atoms with Crippen molar-refractivity contribution in [1.29, 1.82) is 0 Å². The summed E-state index contributed by atoms with van der Waals surface area (Å²) in [5.41, 5.74) is 4.81. The summed E-state index contributed by atoms with van der Waals surface area (Å²) in [5, 5.41) is 12.3. The van der Waals surface area contributed by atoms with E-state index in [1.165, 1.54) is 6.33 Å². The van der Waals surface area contributed by atoms with Crippen LogP contribution in [0.5, 0.6) is 0 Å². The lowest BCUT2D eigenvalue weighted by atomic mass is 9.98. The molecule has 0 spiro atoms. The molecule has 0 saturated carbocycles. The number of Topliss-reactive ketones (excluding diaryl/α,β-unsaturated/α-hetero) is 1. The van der Waals surface area contributed by atoms with Gasteiger partial charge in [-0.25, -0.2) is 14.8 Å². The number of carbonyl (C=O) groups is 2.